The highest BCUT2D eigenvalue weighted by Gasteiger charge is 2.70. The van der Waals surface area contributed by atoms with Gasteiger partial charge in [0.05, 0.1) is 17.6 Å². The molecule has 1 unspecified atom stereocenters. The summed E-state index contributed by atoms with van der Waals surface area (Å²) in [6.07, 6.45) is 9.45. The molecule has 0 aromatic rings. The largest absolute Gasteiger partial charge is 0.481 e. The van der Waals surface area contributed by atoms with Crippen molar-refractivity contribution < 1.29 is 20.1 Å². The molecule has 192 valence electrons. The number of carboxylic acids is 1. The van der Waals surface area contributed by atoms with Gasteiger partial charge in [-0.2, -0.15) is 0 Å². The van der Waals surface area contributed by atoms with Crippen molar-refractivity contribution in [2.75, 3.05) is 0 Å². The van der Waals surface area contributed by atoms with Crippen LogP contribution in [-0.2, 0) is 4.79 Å². The first-order valence-corrected chi connectivity index (χ1v) is 13.9. The van der Waals surface area contributed by atoms with Gasteiger partial charge in [-0.15, -0.1) is 0 Å². The molecule has 5 aliphatic carbocycles. The molecule has 0 amide bonds. The number of aliphatic hydroxyl groups excluding tert-OH is 2. The summed E-state index contributed by atoms with van der Waals surface area (Å²) in [7, 11) is 0. The Balaban J connectivity index is 1.61. The van der Waals surface area contributed by atoms with Crippen LogP contribution in [0.2, 0.25) is 0 Å². The van der Waals surface area contributed by atoms with E-state index in [0.717, 1.165) is 51.4 Å². The van der Waals surface area contributed by atoms with Gasteiger partial charge in [0.1, 0.15) is 0 Å². The van der Waals surface area contributed by atoms with Crippen LogP contribution < -0.4 is 0 Å². The number of aliphatic hydroxyl groups is 2. The fourth-order valence-electron chi connectivity index (χ4n) is 10.8. The lowest BCUT2D eigenvalue weighted by molar-refractivity contribution is -0.231. The van der Waals surface area contributed by atoms with E-state index in [9.17, 15) is 20.1 Å². The lowest BCUT2D eigenvalue weighted by atomic mass is 9.33. The van der Waals surface area contributed by atoms with Crippen LogP contribution in [0.25, 0.3) is 0 Å². The van der Waals surface area contributed by atoms with Gasteiger partial charge in [-0.1, -0.05) is 60.1 Å². The van der Waals surface area contributed by atoms with Crippen molar-refractivity contribution >= 4 is 5.97 Å². The van der Waals surface area contributed by atoms with Crippen molar-refractivity contribution in [3.8, 4) is 0 Å². The molecule has 0 radical (unpaired) electrons. The van der Waals surface area contributed by atoms with Crippen molar-refractivity contribution in [2.24, 2.45) is 50.2 Å². The molecule has 4 heteroatoms. The number of rotatable bonds is 1. The Morgan fingerprint density at radius 3 is 2.18 bits per heavy atom. The third kappa shape index (κ3) is 2.88. The van der Waals surface area contributed by atoms with Crippen molar-refractivity contribution in [3.05, 3.63) is 11.6 Å². The van der Waals surface area contributed by atoms with Crippen molar-refractivity contribution in [2.45, 2.75) is 118 Å². The van der Waals surface area contributed by atoms with Gasteiger partial charge in [-0.25, -0.2) is 0 Å². The van der Waals surface area contributed by atoms with E-state index in [2.05, 4.69) is 54.5 Å². The predicted molar refractivity (Wildman–Crippen MR) is 134 cm³/mol. The molecule has 0 aliphatic heterocycles. The van der Waals surface area contributed by atoms with Crippen LogP contribution in [0.4, 0.5) is 0 Å². The molecule has 5 rings (SSSR count). The third-order valence-corrected chi connectivity index (χ3v) is 13.0. The molecule has 0 aromatic heterocycles. The van der Waals surface area contributed by atoms with E-state index in [4.69, 9.17) is 0 Å². The number of fused-ring (bicyclic) bond motifs is 7. The molecule has 4 nitrogen and oxygen atoms in total. The van der Waals surface area contributed by atoms with Crippen LogP contribution in [0.3, 0.4) is 0 Å². The monoisotopic (exact) mass is 472 g/mol. The molecular formula is C30H48O4. The number of hydrogen-bond acceptors (Lipinski definition) is 3. The summed E-state index contributed by atoms with van der Waals surface area (Å²) in [5.41, 5.74) is 0.754. The van der Waals surface area contributed by atoms with E-state index in [0.29, 0.717) is 18.3 Å². The first kappa shape index (κ1) is 24.8. The molecule has 4 saturated carbocycles. The third-order valence-electron chi connectivity index (χ3n) is 13.0. The van der Waals surface area contributed by atoms with Gasteiger partial charge in [-0.05, 0) is 103 Å². The lowest BCUT2D eigenvalue weighted by Gasteiger charge is -2.71. The maximum atomic E-state index is 12.8. The summed E-state index contributed by atoms with van der Waals surface area (Å²) >= 11 is 0. The van der Waals surface area contributed by atoms with Crippen LogP contribution in [0.5, 0.6) is 0 Å². The minimum Gasteiger partial charge on any atom is -0.481 e. The van der Waals surface area contributed by atoms with Gasteiger partial charge in [0.15, 0.2) is 0 Å². The first-order valence-electron chi connectivity index (χ1n) is 13.9. The molecule has 0 saturated heterocycles. The van der Waals surface area contributed by atoms with Crippen LogP contribution in [0.15, 0.2) is 11.6 Å². The van der Waals surface area contributed by atoms with E-state index in [1.54, 1.807) is 0 Å². The molecular weight excluding hydrogens is 424 g/mol. The molecule has 0 spiro atoms. The number of carboxylic acid groups (broad SMARTS) is 1. The summed E-state index contributed by atoms with van der Waals surface area (Å²) in [6.45, 7) is 16.3. The predicted octanol–water partition coefficient (Wildman–Crippen LogP) is 6.20. The average Bonchev–Trinajstić information content (AvgIpc) is 2.72. The van der Waals surface area contributed by atoms with E-state index < -0.39 is 23.6 Å². The Labute approximate surface area is 206 Å². The quantitative estimate of drug-likeness (QED) is 0.397. The maximum absolute atomic E-state index is 12.8. The van der Waals surface area contributed by atoms with Gasteiger partial charge >= 0.3 is 5.97 Å². The van der Waals surface area contributed by atoms with Crippen LogP contribution in [-0.4, -0.2) is 33.5 Å². The Bertz CT molecular complexity index is 919. The zero-order chi connectivity index (χ0) is 25.1. The van der Waals surface area contributed by atoms with Crippen molar-refractivity contribution in [1.29, 1.82) is 0 Å². The maximum Gasteiger partial charge on any atom is 0.310 e. The number of carbonyl (C=O) groups is 1. The molecule has 4 fully saturated rings. The Hall–Kier alpha value is -0.870. The average molecular weight is 473 g/mol. The van der Waals surface area contributed by atoms with Crippen LogP contribution in [0.1, 0.15) is 106 Å². The number of hydrogen-bond donors (Lipinski definition) is 3. The van der Waals surface area contributed by atoms with Gasteiger partial charge in [0, 0.05) is 0 Å². The second-order valence-electron chi connectivity index (χ2n) is 15.2. The topological polar surface area (TPSA) is 77.8 Å². The molecule has 34 heavy (non-hydrogen) atoms. The number of allylic oxidation sites excluding steroid dienone is 2. The Morgan fingerprint density at radius 1 is 0.882 bits per heavy atom. The summed E-state index contributed by atoms with van der Waals surface area (Å²) in [5, 5.41) is 32.4. The minimum absolute atomic E-state index is 0.00785. The Morgan fingerprint density at radius 2 is 1.53 bits per heavy atom. The molecule has 5 aliphatic rings. The second-order valence-corrected chi connectivity index (χ2v) is 15.2. The SMILES string of the molecule is CC1(C)CC[C@]2(C(=O)O)CC[C@]3(C)C(=CC[C@@H]4[C@@]5(C)C[C@@H](O)[C@@H](O)C(C)(C)C5CC[C@]43C)[C@@H]2C1. The van der Waals surface area contributed by atoms with Crippen molar-refractivity contribution in [3.63, 3.8) is 0 Å². The molecule has 9 atom stereocenters. The highest BCUT2D eigenvalue weighted by molar-refractivity contribution is 5.76. The summed E-state index contributed by atoms with van der Waals surface area (Å²) in [5.74, 6) is 0.365. The van der Waals surface area contributed by atoms with E-state index >= 15 is 0 Å². The van der Waals surface area contributed by atoms with Crippen LogP contribution >= 0.6 is 0 Å². The van der Waals surface area contributed by atoms with Gasteiger partial charge in [0.25, 0.3) is 0 Å². The standard InChI is InChI=1S/C30H48O4/c1-25(2)12-14-30(24(33)34)15-13-28(6)18(19(30)16-25)8-9-22-27(5)17-20(31)23(32)26(3,4)21(27)10-11-29(22,28)7/h8,19-23,31-32H,9-17H2,1-7H3,(H,33,34)/t19-,20+,21?,22+,23+,27-,28+,29+,30-/m0/s1. The van der Waals surface area contributed by atoms with Gasteiger partial charge < -0.3 is 15.3 Å². The van der Waals surface area contributed by atoms with E-state index in [1.165, 1.54) is 5.57 Å². The smallest absolute Gasteiger partial charge is 0.310 e. The summed E-state index contributed by atoms with van der Waals surface area (Å²) in [4.78, 5) is 12.8. The van der Waals surface area contributed by atoms with E-state index in [-0.39, 0.29) is 33.0 Å². The van der Waals surface area contributed by atoms with E-state index in [1.807, 2.05) is 0 Å². The fraction of sp³-hybridized carbons (Fsp3) is 0.900. The van der Waals surface area contributed by atoms with Crippen LogP contribution in [0, 0.1) is 50.2 Å². The highest BCUT2D eigenvalue weighted by Crippen LogP contribution is 2.75. The first-order chi connectivity index (χ1) is 15.6. The minimum atomic E-state index is -0.679. The zero-order valence-corrected chi connectivity index (χ0v) is 22.6. The zero-order valence-electron chi connectivity index (χ0n) is 22.6. The lowest BCUT2D eigenvalue weighted by Crippen LogP contribution is -2.67. The summed E-state index contributed by atoms with van der Waals surface area (Å²) in [6, 6.07) is 0. The normalized spacial score (nSPS) is 53.4. The highest BCUT2D eigenvalue weighted by atomic mass is 16.4. The molecule has 0 aromatic carbocycles. The number of aliphatic carboxylic acids is 1. The Kier molecular flexibility index (Phi) is 5.20. The summed E-state index contributed by atoms with van der Waals surface area (Å²) < 4.78 is 0. The molecule has 0 heterocycles. The second kappa shape index (κ2) is 7.12. The van der Waals surface area contributed by atoms with Gasteiger partial charge in [-0.3, -0.25) is 4.79 Å². The van der Waals surface area contributed by atoms with Crippen molar-refractivity contribution in [1.82, 2.24) is 0 Å². The van der Waals surface area contributed by atoms with Gasteiger partial charge in [0.2, 0.25) is 0 Å². The molecule has 3 N–H and O–H groups in total. The fourth-order valence-corrected chi connectivity index (χ4v) is 10.8. The molecule has 0 bridgehead atoms.